The van der Waals surface area contributed by atoms with Crippen LogP contribution in [0.25, 0.3) is 0 Å². The summed E-state index contributed by atoms with van der Waals surface area (Å²) in [4.78, 5) is 92.1. The van der Waals surface area contributed by atoms with E-state index in [2.05, 4.69) is 51.8 Å². The van der Waals surface area contributed by atoms with Gasteiger partial charge in [-0.15, -0.1) is 22.7 Å². The van der Waals surface area contributed by atoms with Crippen molar-refractivity contribution >= 4 is 70.1 Å². The first-order chi connectivity index (χ1) is 34.9. The maximum atomic E-state index is 13.9. The minimum Gasteiger partial charge on any atom is -0.505 e. The summed E-state index contributed by atoms with van der Waals surface area (Å²) in [5.41, 5.74) is 2.60. The van der Waals surface area contributed by atoms with Crippen LogP contribution in [0.2, 0.25) is 0 Å². The van der Waals surface area contributed by atoms with Crippen LogP contribution in [-0.2, 0) is 27.2 Å². The second-order valence-electron chi connectivity index (χ2n) is 16.0. The molecule has 0 aliphatic heterocycles. The number of thiophene rings is 2. The molecule has 4 amide bonds. The van der Waals surface area contributed by atoms with Gasteiger partial charge >= 0.3 is 11.9 Å². The van der Waals surface area contributed by atoms with Gasteiger partial charge < -0.3 is 52.0 Å². The maximum Gasteiger partial charge on any atom is 0.330 e. The number of phenolic OH excluding ortho intramolecular Hbond substituents is 2. The molecule has 0 aliphatic carbocycles. The normalized spacial score (nSPS) is 11.5. The van der Waals surface area contributed by atoms with Gasteiger partial charge in [0.05, 0.1) is 50.8 Å². The van der Waals surface area contributed by atoms with Gasteiger partial charge in [-0.05, 0) is 99.5 Å². The van der Waals surface area contributed by atoms with E-state index in [-0.39, 0.29) is 47.6 Å². The molecule has 9 N–H and O–H groups in total. The highest BCUT2D eigenvalue weighted by atomic mass is 32.1. The van der Waals surface area contributed by atoms with Gasteiger partial charge in [0.25, 0.3) is 23.6 Å². The number of aromatic nitrogens is 4. The highest BCUT2D eigenvalue weighted by Gasteiger charge is 2.27. The monoisotopic (exact) mass is 1040 g/mol. The molecule has 4 heterocycles. The topological polar surface area (TPSA) is 296 Å². The molecule has 0 aliphatic rings. The molecule has 0 saturated carbocycles. The van der Waals surface area contributed by atoms with Gasteiger partial charge in [-0.2, -0.15) is 0 Å². The number of nitrogens with zero attached hydrogens (tertiary/aromatic N) is 4. The maximum absolute atomic E-state index is 13.9. The van der Waals surface area contributed by atoms with Crippen LogP contribution in [0.5, 0.6) is 11.5 Å². The summed E-state index contributed by atoms with van der Waals surface area (Å²) in [6.07, 6.45) is 1.90. The van der Waals surface area contributed by atoms with Crippen LogP contribution in [0.3, 0.4) is 0 Å². The van der Waals surface area contributed by atoms with E-state index in [1.54, 1.807) is 87.0 Å². The Labute approximate surface area is 426 Å². The number of amides is 4. The Morgan fingerprint density at radius 3 is 1.36 bits per heavy atom. The van der Waals surface area contributed by atoms with Crippen LogP contribution in [0, 0.1) is 39.3 Å². The van der Waals surface area contributed by atoms with E-state index in [1.807, 2.05) is 0 Å². The van der Waals surface area contributed by atoms with Gasteiger partial charge in [-0.25, -0.2) is 38.3 Å². The van der Waals surface area contributed by atoms with Crippen molar-refractivity contribution in [2.24, 2.45) is 0 Å². The number of hydrogen-bond donors (Lipinski definition) is 9. The minimum atomic E-state index is -1.35. The predicted octanol–water partition coefficient (Wildman–Crippen LogP) is 5.40. The van der Waals surface area contributed by atoms with Crippen LogP contribution in [0.1, 0.15) is 86.8 Å². The molecule has 0 spiro atoms. The number of halogens is 2. The SMILES string of the molecule is COC(=O)[C@H](CNC(=O)c1cccs1)NC(=O)c1c(C)nc(NCCCc2cccc(O)c2F)nc1C.Cc1nc(NCCCc2cccc(O)c2F)nc(C)c1C(=O)N[C@@H](CNC(=O)c1cccs1)C(=O)O. The van der Waals surface area contributed by atoms with E-state index < -0.39 is 53.4 Å². The van der Waals surface area contributed by atoms with Crippen molar-refractivity contribution in [2.45, 2.75) is 65.5 Å². The van der Waals surface area contributed by atoms with Gasteiger partial charge in [0.1, 0.15) is 12.1 Å². The van der Waals surface area contributed by atoms with Crippen molar-refractivity contribution < 1.29 is 57.6 Å². The van der Waals surface area contributed by atoms with E-state index in [1.165, 1.54) is 41.9 Å². The van der Waals surface area contributed by atoms with E-state index in [4.69, 9.17) is 4.74 Å². The van der Waals surface area contributed by atoms with Crippen molar-refractivity contribution in [3.05, 3.63) is 138 Å². The largest absolute Gasteiger partial charge is 0.505 e. The summed E-state index contributed by atoms with van der Waals surface area (Å²) < 4.78 is 32.6. The lowest BCUT2D eigenvalue weighted by Crippen LogP contribution is -2.49. The highest BCUT2D eigenvalue weighted by molar-refractivity contribution is 7.12. The number of aryl methyl sites for hydroxylation is 6. The third kappa shape index (κ3) is 15.9. The second-order valence-corrected chi connectivity index (χ2v) is 17.9. The van der Waals surface area contributed by atoms with Crippen molar-refractivity contribution in [1.29, 1.82) is 0 Å². The number of ether oxygens (including phenoxy) is 1. The van der Waals surface area contributed by atoms with Crippen molar-refractivity contribution in [3.8, 4) is 11.5 Å². The fourth-order valence-corrected chi connectivity index (χ4v) is 8.38. The van der Waals surface area contributed by atoms with Gasteiger partial charge in [0, 0.05) is 26.2 Å². The Morgan fingerprint density at radius 1 is 0.589 bits per heavy atom. The van der Waals surface area contributed by atoms with Crippen molar-refractivity contribution in [3.63, 3.8) is 0 Å². The van der Waals surface area contributed by atoms with Crippen LogP contribution < -0.4 is 31.9 Å². The Bertz CT molecular complexity index is 2860. The minimum absolute atomic E-state index is 0.137. The number of esters is 1. The zero-order valence-electron chi connectivity index (χ0n) is 40.3. The van der Waals surface area contributed by atoms with Crippen molar-refractivity contribution in [1.82, 2.24) is 41.2 Å². The predicted molar refractivity (Wildman–Crippen MR) is 268 cm³/mol. The number of aromatic hydroxyl groups is 2. The summed E-state index contributed by atoms with van der Waals surface area (Å²) in [6, 6.07) is 13.2. The first-order valence-corrected chi connectivity index (χ1v) is 24.3. The van der Waals surface area contributed by atoms with Gasteiger partial charge in [-0.3, -0.25) is 19.2 Å². The number of hydrogen-bond acceptors (Lipinski definition) is 17. The van der Waals surface area contributed by atoms with E-state index >= 15 is 0 Å². The lowest BCUT2D eigenvalue weighted by Gasteiger charge is -2.18. The van der Waals surface area contributed by atoms with Gasteiger partial charge in [-0.1, -0.05) is 36.4 Å². The molecule has 24 heteroatoms. The fraction of sp³-hybridized carbons (Fsp3) is 0.306. The summed E-state index contributed by atoms with van der Waals surface area (Å²) in [5, 5.41) is 48.1. The number of phenols is 2. The van der Waals surface area contributed by atoms with E-state index in [0.29, 0.717) is 88.4 Å². The molecule has 6 aromatic rings. The Kier molecular flexibility index (Phi) is 20.6. The highest BCUT2D eigenvalue weighted by Crippen LogP contribution is 2.22. The average Bonchev–Trinajstić information content (AvgIpc) is 4.11. The standard InChI is InChI=1S/C25H28FN5O5S.C24H26FN5O5S/c1-14-20(23(34)31-17(24(35)36-3)13-28-22(33)19-10-6-12-37-19)15(2)30-25(29-14)27-11-5-8-16-7-4-9-18(32)21(16)26;1-13-19(22(33)30-16(23(34)35)12-27-21(32)18-9-5-11-36-18)14(2)29-24(28-13)26-10-4-7-15-6-3-8-17(31)20(15)25/h4,6-7,9-10,12,17,32H,5,8,11,13H2,1-3H3,(H,28,33)(H,31,34)(H,27,29,30);3,5-6,8-9,11,16,31H,4,7,10,12H2,1-2H3,(H,27,32)(H,30,33)(H,34,35)(H,26,28,29)/t17-;16-/m00/s1. The number of nitrogens with one attached hydrogen (secondary N) is 6. The Morgan fingerprint density at radius 2 is 0.986 bits per heavy atom. The Hall–Kier alpha value is -8.12. The van der Waals surface area contributed by atoms with Crippen LogP contribution in [0.15, 0.2) is 71.4 Å². The zero-order valence-corrected chi connectivity index (χ0v) is 41.9. The Balaban J connectivity index is 0.000000271. The van der Waals surface area contributed by atoms with Crippen LogP contribution in [-0.4, -0.2) is 116 Å². The molecule has 0 radical (unpaired) electrons. The fourth-order valence-electron chi connectivity index (χ4n) is 7.10. The molecule has 6 rings (SSSR count). The van der Waals surface area contributed by atoms with Crippen LogP contribution >= 0.6 is 22.7 Å². The molecule has 0 bridgehead atoms. The lowest BCUT2D eigenvalue weighted by atomic mass is 10.1. The second kappa shape index (κ2) is 26.9. The molecule has 73 heavy (non-hydrogen) atoms. The molecule has 0 fully saturated rings. The lowest BCUT2D eigenvalue weighted by molar-refractivity contribution is -0.142. The smallest absolute Gasteiger partial charge is 0.330 e. The summed E-state index contributed by atoms with van der Waals surface area (Å²) >= 11 is 2.47. The number of carbonyl (C=O) groups is 6. The number of carbonyl (C=O) groups excluding carboxylic acids is 5. The summed E-state index contributed by atoms with van der Waals surface area (Å²) in [7, 11) is 1.19. The van der Waals surface area contributed by atoms with Crippen molar-refractivity contribution in [2.75, 3.05) is 43.9 Å². The first-order valence-electron chi connectivity index (χ1n) is 22.5. The quantitative estimate of drug-likeness (QED) is 0.0304. The van der Waals surface area contributed by atoms with E-state index in [9.17, 15) is 52.9 Å². The molecule has 0 unspecified atom stereocenters. The number of methoxy groups -OCH3 is 1. The zero-order chi connectivity index (χ0) is 53.2. The molecule has 2 atom stereocenters. The number of anilines is 2. The number of aliphatic carboxylic acids is 1. The molecule has 2 aromatic carbocycles. The molecule has 4 aromatic heterocycles. The first kappa shape index (κ1) is 55.8. The number of rotatable bonds is 22. The summed E-state index contributed by atoms with van der Waals surface area (Å²) in [5.74, 6) is -5.52. The molecular weight excluding hydrogens is 991 g/mol. The summed E-state index contributed by atoms with van der Waals surface area (Å²) in [6.45, 7) is 6.89. The number of benzene rings is 2. The average molecular weight is 1050 g/mol. The molecular formula is C49H54F2N10O10S2. The van der Waals surface area contributed by atoms with Gasteiger partial charge in [0.2, 0.25) is 11.9 Å². The number of carboxylic acids is 1. The third-order valence-electron chi connectivity index (χ3n) is 10.7. The molecule has 386 valence electrons. The third-order valence-corrected chi connectivity index (χ3v) is 12.5. The van der Waals surface area contributed by atoms with E-state index in [0.717, 1.165) is 0 Å². The van der Waals surface area contributed by atoms with Gasteiger partial charge in [0.15, 0.2) is 23.1 Å². The van der Waals surface area contributed by atoms with Crippen LogP contribution in [0.4, 0.5) is 20.7 Å². The molecule has 20 nitrogen and oxygen atoms in total. The number of carboxylic acid groups (broad SMARTS) is 1. The molecule has 0 saturated heterocycles.